The fourth-order valence-electron chi connectivity index (χ4n) is 3.90. The Balaban J connectivity index is 1.74. The van der Waals surface area contributed by atoms with Crippen LogP contribution in [0.3, 0.4) is 0 Å². The number of halogens is 3. The molecule has 3 aromatic carbocycles. The first-order valence-electron chi connectivity index (χ1n) is 10.5. The maximum absolute atomic E-state index is 13.5. The lowest BCUT2D eigenvalue weighted by atomic mass is 9.98. The Morgan fingerprint density at radius 1 is 1.06 bits per heavy atom. The van der Waals surface area contributed by atoms with E-state index in [1.807, 2.05) is 36.5 Å². The Labute approximate surface area is 188 Å². The van der Waals surface area contributed by atoms with E-state index >= 15 is 0 Å². The quantitative estimate of drug-likeness (QED) is 0.316. The topological polar surface area (TPSA) is 62.3 Å². The normalized spacial score (nSPS) is 12.6. The zero-order chi connectivity index (χ0) is 23.6. The van der Waals surface area contributed by atoms with Gasteiger partial charge in [0.05, 0.1) is 5.56 Å². The number of carboxylic acid groups (broad SMARTS) is 1. The Morgan fingerprint density at radius 3 is 2.61 bits per heavy atom. The van der Waals surface area contributed by atoms with Crippen LogP contribution < -0.4 is 4.74 Å². The number of rotatable bonds is 7. The molecule has 0 fully saturated rings. The first-order valence-corrected chi connectivity index (χ1v) is 10.5. The van der Waals surface area contributed by atoms with Crippen LogP contribution in [-0.4, -0.2) is 16.1 Å². The predicted octanol–water partition coefficient (Wildman–Crippen LogP) is 7.01. The van der Waals surface area contributed by atoms with Gasteiger partial charge in [-0.05, 0) is 66.3 Å². The molecule has 1 atom stereocenters. The number of aryl methyl sites for hydroxylation is 1. The molecule has 2 N–H and O–H groups in total. The molecule has 4 aromatic rings. The number of carbonyl (C=O) groups is 1. The third-order valence-electron chi connectivity index (χ3n) is 5.54. The highest BCUT2D eigenvalue weighted by atomic mass is 19.4. The van der Waals surface area contributed by atoms with Gasteiger partial charge in [0.15, 0.2) is 0 Å². The lowest BCUT2D eigenvalue weighted by Crippen LogP contribution is -2.14. The molecule has 170 valence electrons. The van der Waals surface area contributed by atoms with Gasteiger partial charge in [0.2, 0.25) is 0 Å². The minimum absolute atomic E-state index is 0.0220. The van der Waals surface area contributed by atoms with E-state index in [2.05, 4.69) is 4.98 Å². The molecule has 4 nitrogen and oxygen atoms in total. The lowest BCUT2D eigenvalue weighted by Gasteiger charge is -2.22. The van der Waals surface area contributed by atoms with Gasteiger partial charge >= 0.3 is 12.1 Å². The summed E-state index contributed by atoms with van der Waals surface area (Å²) < 4.78 is 46.6. The first-order chi connectivity index (χ1) is 15.7. The van der Waals surface area contributed by atoms with Crippen LogP contribution in [0, 0.1) is 0 Å². The maximum Gasteiger partial charge on any atom is 0.416 e. The molecule has 4 rings (SSSR count). The number of hydrogen-bond donors (Lipinski definition) is 2. The highest BCUT2D eigenvalue weighted by Gasteiger charge is 2.34. The molecular formula is C26H22F3NO3. The molecule has 0 aliphatic carbocycles. The smallest absolute Gasteiger partial charge is 0.416 e. The predicted molar refractivity (Wildman–Crippen MR) is 120 cm³/mol. The van der Waals surface area contributed by atoms with E-state index in [0.29, 0.717) is 17.7 Å². The van der Waals surface area contributed by atoms with Crippen LogP contribution in [0.2, 0.25) is 0 Å². The number of alkyl halides is 3. The Bertz CT molecular complexity index is 1290. The van der Waals surface area contributed by atoms with E-state index in [9.17, 15) is 18.0 Å². The molecule has 0 saturated heterocycles. The van der Waals surface area contributed by atoms with Crippen LogP contribution >= 0.6 is 0 Å². The molecule has 7 heteroatoms. The van der Waals surface area contributed by atoms with Crippen molar-refractivity contribution in [2.75, 3.05) is 0 Å². The van der Waals surface area contributed by atoms with Gasteiger partial charge in [-0.2, -0.15) is 13.2 Å². The first kappa shape index (κ1) is 22.5. The number of ether oxygens (including phenoxy) is 1. The molecule has 0 radical (unpaired) electrons. The lowest BCUT2D eigenvalue weighted by molar-refractivity contribution is -0.139. The Hall–Kier alpha value is -3.74. The summed E-state index contributed by atoms with van der Waals surface area (Å²) in [6, 6.07) is 18.4. The van der Waals surface area contributed by atoms with Crippen LogP contribution in [0.1, 0.15) is 36.1 Å². The highest BCUT2D eigenvalue weighted by molar-refractivity contribution is 5.86. The fraction of sp³-hybridized carbons (Fsp3) is 0.192. The van der Waals surface area contributed by atoms with Crippen LogP contribution in [0.4, 0.5) is 13.2 Å². The molecule has 0 bridgehead atoms. The third-order valence-corrected chi connectivity index (χ3v) is 5.54. The molecule has 0 aliphatic rings. The monoisotopic (exact) mass is 453 g/mol. The van der Waals surface area contributed by atoms with Gasteiger partial charge in [0.25, 0.3) is 0 Å². The average Bonchev–Trinajstić information content (AvgIpc) is 3.25. The van der Waals surface area contributed by atoms with Gasteiger partial charge in [0, 0.05) is 29.3 Å². The van der Waals surface area contributed by atoms with Crippen molar-refractivity contribution in [3.63, 3.8) is 0 Å². The molecule has 1 aromatic heterocycles. The molecule has 0 saturated carbocycles. The Morgan fingerprint density at radius 2 is 1.85 bits per heavy atom. The molecular weight excluding hydrogens is 431 g/mol. The molecule has 1 unspecified atom stereocenters. The second-order valence-corrected chi connectivity index (χ2v) is 7.85. The summed E-state index contributed by atoms with van der Waals surface area (Å²) in [5.74, 6) is -0.476. The van der Waals surface area contributed by atoms with Crippen molar-refractivity contribution in [3.05, 3.63) is 89.6 Å². The van der Waals surface area contributed by atoms with E-state index < -0.39 is 23.8 Å². The number of aromatic nitrogens is 1. The van der Waals surface area contributed by atoms with E-state index in [-0.39, 0.29) is 12.0 Å². The average molecular weight is 453 g/mol. The van der Waals surface area contributed by atoms with E-state index in [1.54, 1.807) is 25.1 Å². The zero-order valence-corrected chi connectivity index (χ0v) is 17.8. The Kier molecular flexibility index (Phi) is 6.14. The van der Waals surface area contributed by atoms with Crippen LogP contribution in [0.25, 0.3) is 22.0 Å². The van der Waals surface area contributed by atoms with E-state index in [0.717, 1.165) is 28.1 Å². The number of H-pyrrole nitrogens is 1. The van der Waals surface area contributed by atoms with Gasteiger partial charge in [-0.15, -0.1) is 0 Å². The summed E-state index contributed by atoms with van der Waals surface area (Å²) in [5, 5.41) is 10.0. The van der Waals surface area contributed by atoms with Crippen molar-refractivity contribution in [1.82, 2.24) is 4.98 Å². The highest BCUT2D eigenvalue weighted by Crippen LogP contribution is 2.39. The van der Waals surface area contributed by atoms with Gasteiger partial charge in [-0.1, -0.05) is 30.3 Å². The largest absolute Gasteiger partial charge is 0.485 e. The minimum Gasteiger partial charge on any atom is -0.485 e. The SMILES string of the molecule is CC(Oc1ccc(CCC(=O)O)cc1-c1ccc2[nH]ccc2c1)c1ccccc1C(F)(F)F. The van der Waals surface area contributed by atoms with Gasteiger partial charge in [0.1, 0.15) is 11.9 Å². The molecule has 1 heterocycles. The second kappa shape index (κ2) is 9.02. The summed E-state index contributed by atoms with van der Waals surface area (Å²) in [5.41, 5.74) is 2.59. The van der Waals surface area contributed by atoms with E-state index in [4.69, 9.17) is 9.84 Å². The van der Waals surface area contributed by atoms with Crippen molar-refractivity contribution in [1.29, 1.82) is 0 Å². The second-order valence-electron chi connectivity index (χ2n) is 7.85. The summed E-state index contributed by atoms with van der Waals surface area (Å²) in [6.45, 7) is 1.59. The number of fused-ring (bicyclic) bond motifs is 1. The summed E-state index contributed by atoms with van der Waals surface area (Å²) in [6.07, 6.45) is -3.21. The molecule has 0 amide bonds. The number of carboxylic acids is 1. The summed E-state index contributed by atoms with van der Waals surface area (Å²) in [7, 11) is 0. The number of nitrogens with one attached hydrogen (secondary N) is 1. The molecule has 33 heavy (non-hydrogen) atoms. The van der Waals surface area contributed by atoms with Crippen molar-refractivity contribution in [2.24, 2.45) is 0 Å². The van der Waals surface area contributed by atoms with Crippen molar-refractivity contribution >= 4 is 16.9 Å². The summed E-state index contributed by atoms with van der Waals surface area (Å²) >= 11 is 0. The standard InChI is InChI=1S/C26H22F3NO3/c1-16(20-4-2-3-5-22(20)26(27,28)29)33-24-10-6-17(7-11-25(31)32)14-21(24)18-8-9-23-19(15-18)12-13-30-23/h2-6,8-10,12-16,30H,7,11H2,1H3,(H,31,32). The maximum atomic E-state index is 13.5. The van der Waals surface area contributed by atoms with Crippen molar-refractivity contribution in [3.8, 4) is 16.9 Å². The van der Waals surface area contributed by atoms with Gasteiger partial charge < -0.3 is 14.8 Å². The van der Waals surface area contributed by atoms with Crippen LogP contribution in [0.5, 0.6) is 5.75 Å². The number of aliphatic carboxylic acids is 1. The van der Waals surface area contributed by atoms with Crippen molar-refractivity contribution in [2.45, 2.75) is 32.0 Å². The number of aromatic amines is 1. The van der Waals surface area contributed by atoms with Gasteiger partial charge in [-0.25, -0.2) is 0 Å². The van der Waals surface area contributed by atoms with E-state index in [1.165, 1.54) is 12.1 Å². The molecule has 0 aliphatic heterocycles. The van der Waals surface area contributed by atoms with Crippen LogP contribution in [0.15, 0.2) is 72.9 Å². The summed E-state index contributed by atoms with van der Waals surface area (Å²) in [4.78, 5) is 14.1. The zero-order valence-electron chi connectivity index (χ0n) is 17.8. The molecule has 0 spiro atoms. The minimum atomic E-state index is -4.49. The third kappa shape index (κ3) is 5.03. The number of hydrogen-bond acceptors (Lipinski definition) is 2. The fourth-order valence-corrected chi connectivity index (χ4v) is 3.90. The number of benzene rings is 3. The van der Waals surface area contributed by atoms with Gasteiger partial charge in [-0.3, -0.25) is 4.79 Å². The van der Waals surface area contributed by atoms with Crippen molar-refractivity contribution < 1.29 is 27.8 Å². The van der Waals surface area contributed by atoms with Crippen LogP contribution in [-0.2, 0) is 17.4 Å².